The van der Waals surface area contributed by atoms with Gasteiger partial charge in [-0.1, -0.05) is 13.8 Å². The lowest BCUT2D eigenvalue weighted by atomic mass is 9.42. The van der Waals surface area contributed by atoms with Crippen LogP contribution >= 0.6 is 0 Å². The van der Waals surface area contributed by atoms with E-state index in [1.165, 1.54) is 0 Å². The maximum Gasteiger partial charge on any atom is 0.133 e. The highest BCUT2D eigenvalue weighted by Crippen LogP contribution is 2.68. The summed E-state index contributed by atoms with van der Waals surface area (Å²) in [5.41, 5.74) is -1.44. The van der Waals surface area contributed by atoms with Crippen molar-refractivity contribution in [2.24, 2.45) is 34.5 Å². The topological polar surface area (TPSA) is 77.8 Å². The number of aliphatic hydroxyl groups excluding tert-OH is 2. The average Bonchev–Trinajstić information content (AvgIpc) is 2.88. The molecular formula is C21H34O4. The van der Waals surface area contributed by atoms with E-state index in [9.17, 15) is 20.1 Å². The van der Waals surface area contributed by atoms with Crippen LogP contribution in [0.4, 0.5) is 0 Å². The van der Waals surface area contributed by atoms with Crippen molar-refractivity contribution in [2.45, 2.75) is 89.9 Å². The van der Waals surface area contributed by atoms with E-state index in [1.54, 1.807) is 6.92 Å². The van der Waals surface area contributed by atoms with Gasteiger partial charge in [0.15, 0.2) is 0 Å². The molecule has 4 aliphatic carbocycles. The van der Waals surface area contributed by atoms with Crippen molar-refractivity contribution in [1.82, 2.24) is 0 Å². The van der Waals surface area contributed by atoms with Crippen LogP contribution in [0.2, 0.25) is 0 Å². The maximum absolute atomic E-state index is 12.2. The molecule has 0 amide bonds. The van der Waals surface area contributed by atoms with Gasteiger partial charge in [0.05, 0.1) is 17.8 Å². The van der Waals surface area contributed by atoms with Crippen LogP contribution in [0.25, 0.3) is 0 Å². The number of fused-ring (bicyclic) bond motifs is 5. The second-order valence-electron chi connectivity index (χ2n) is 10.2. The van der Waals surface area contributed by atoms with Crippen LogP contribution in [0.15, 0.2) is 0 Å². The summed E-state index contributed by atoms with van der Waals surface area (Å²) >= 11 is 0. The number of rotatable bonds is 1. The van der Waals surface area contributed by atoms with Crippen LogP contribution in [0, 0.1) is 34.5 Å². The first-order valence-corrected chi connectivity index (χ1v) is 10.2. The molecule has 4 fully saturated rings. The van der Waals surface area contributed by atoms with Crippen molar-refractivity contribution in [3.8, 4) is 0 Å². The minimum atomic E-state index is -1.17. The molecule has 0 aromatic carbocycles. The Morgan fingerprint density at radius 2 is 1.72 bits per heavy atom. The SMILES string of the molecule is CC(=O)[C@H]1CC[C@H]2[C@@H]3C[C@@H](O)[C@@]4(O)C[C@@H](O)CC[C@]4(C)[C@H]3CC[C@]12C. The summed E-state index contributed by atoms with van der Waals surface area (Å²) in [7, 11) is 0. The van der Waals surface area contributed by atoms with E-state index in [1.807, 2.05) is 0 Å². The van der Waals surface area contributed by atoms with Crippen molar-refractivity contribution in [3.05, 3.63) is 0 Å². The van der Waals surface area contributed by atoms with Crippen molar-refractivity contribution < 1.29 is 20.1 Å². The first-order chi connectivity index (χ1) is 11.6. The van der Waals surface area contributed by atoms with Gasteiger partial charge in [-0.15, -0.1) is 0 Å². The molecule has 4 heteroatoms. The summed E-state index contributed by atoms with van der Waals surface area (Å²) in [4.78, 5) is 12.2. The highest BCUT2D eigenvalue weighted by atomic mass is 16.3. The van der Waals surface area contributed by atoms with Crippen molar-refractivity contribution in [2.75, 3.05) is 0 Å². The third kappa shape index (κ3) is 2.20. The Balaban J connectivity index is 1.69. The van der Waals surface area contributed by atoms with Crippen LogP contribution in [-0.2, 0) is 4.79 Å². The Bertz CT molecular complexity index is 576. The summed E-state index contributed by atoms with van der Waals surface area (Å²) in [6.45, 7) is 6.19. The molecule has 4 saturated carbocycles. The number of carbonyl (C=O) groups excluding carboxylic acids is 1. The molecule has 0 bridgehead atoms. The third-order valence-electron chi connectivity index (χ3n) is 9.33. The summed E-state index contributed by atoms with van der Waals surface area (Å²) in [6.07, 6.45) is 5.27. The molecule has 0 unspecified atom stereocenters. The third-order valence-corrected chi connectivity index (χ3v) is 9.33. The first kappa shape index (κ1) is 17.9. The number of hydrogen-bond donors (Lipinski definition) is 3. The normalized spacial score (nSPS) is 58.2. The standard InChI is InChI=1S/C21H34O4/c1-12(22)15-4-5-16-14-10-18(24)21(25)11-13(23)6-9-20(21,3)17(14)7-8-19(15,16)2/h13-18,23-25H,4-11H2,1-3H3/t13-,14-,15+,16-,17-,18+,19+,20+,21-/m0/s1. The van der Waals surface area contributed by atoms with E-state index in [2.05, 4.69) is 13.8 Å². The number of Topliss-reactive ketones (excluding diaryl/α,β-unsaturated/α-hetero) is 1. The minimum absolute atomic E-state index is 0.0622. The Hall–Kier alpha value is -0.450. The van der Waals surface area contributed by atoms with E-state index in [-0.39, 0.29) is 16.7 Å². The summed E-state index contributed by atoms with van der Waals surface area (Å²) < 4.78 is 0. The fourth-order valence-corrected chi connectivity index (χ4v) is 7.93. The van der Waals surface area contributed by atoms with Crippen molar-refractivity contribution in [1.29, 1.82) is 0 Å². The number of carbonyl (C=O) groups is 1. The van der Waals surface area contributed by atoms with Crippen LogP contribution in [0.5, 0.6) is 0 Å². The molecule has 9 atom stereocenters. The van der Waals surface area contributed by atoms with Gasteiger partial charge in [0.2, 0.25) is 0 Å². The number of ketones is 1. The van der Waals surface area contributed by atoms with E-state index >= 15 is 0 Å². The molecule has 4 nitrogen and oxygen atoms in total. The zero-order valence-electron chi connectivity index (χ0n) is 15.9. The van der Waals surface area contributed by atoms with Gasteiger partial charge in [-0.2, -0.15) is 0 Å². The molecule has 0 saturated heterocycles. The molecule has 3 N–H and O–H groups in total. The van der Waals surface area contributed by atoms with Crippen LogP contribution < -0.4 is 0 Å². The minimum Gasteiger partial charge on any atom is -0.393 e. The van der Waals surface area contributed by atoms with Gasteiger partial charge in [0.25, 0.3) is 0 Å². The van der Waals surface area contributed by atoms with Gasteiger partial charge >= 0.3 is 0 Å². The summed E-state index contributed by atoms with van der Waals surface area (Å²) in [5, 5.41) is 32.5. The Morgan fingerprint density at radius 1 is 1.00 bits per heavy atom. The molecule has 0 heterocycles. The molecule has 142 valence electrons. The zero-order chi connectivity index (χ0) is 18.2. The fraction of sp³-hybridized carbons (Fsp3) is 0.952. The molecule has 0 radical (unpaired) electrons. The molecule has 0 spiro atoms. The summed E-state index contributed by atoms with van der Waals surface area (Å²) in [5.74, 6) is 1.74. The van der Waals surface area contributed by atoms with Crippen LogP contribution in [-0.4, -0.2) is 38.9 Å². The molecule has 0 aromatic rings. The van der Waals surface area contributed by atoms with Gasteiger partial charge in [0.1, 0.15) is 5.78 Å². The van der Waals surface area contributed by atoms with Gasteiger partial charge in [-0.05, 0) is 75.0 Å². The Labute approximate surface area is 151 Å². The molecule has 0 aliphatic heterocycles. The average molecular weight is 350 g/mol. The van der Waals surface area contributed by atoms with E-state index < -0.39 is 17.8 Å². The Kier molecular flexibility index (Phi) is 3.97. The van der Waals surface area contributed by atoms with Gasteiger partial charge < -0.3 is 15.3 Å². The molecule has 4 aliphatic rings. The van der Waals surface area contributed by atoms with Crippen molar-refractivity contribution >= 4 is 5.78 Å². The van der Waals surface area contributed by atoms with Crippen LogP contribution in [0.1, 0.15) is 72.1 Å². The molecular weight excluding hydrogens is 316 g/mol. The number of aliphatic hydroxyl groups is 3. The van der Waals surface area contributed by atoms with Gasteiger partial charge in [-0.25, -0.2) is 0 Å². The largest absolute Gasteiger partial charge is 0.393 e. The number of hydrogen-bond acceptors (Lipinski definition) is 4. The quantitative estimate of drug-likeness (QED) is 0.679. The summed E-state index contributed by atoms with van der Waals surface area (Å²) in [6, 6.07) is 0. The monoisotopic (exact) mass is 350 g/mol. The highest BCUT2D eigenvalue weighted by Gasteiger charge is 2.67. The maximum atomic E-state index is 12.2. The lowest BCUT2D eigenvalue weighted by Crippen LogP contribution is -2.68. The second-order valence-corrected chi connectivity index (χ2v) is 10.2. The highest BCUT2D eigenvalue weighted by molar-refractivity contribution is 5.79. The smallest absolute Gasteiger partial charge is 0.133 e. The van der Waals surface area contributed by atoms with E-state index in [0.717, 1.165) is 32.1 Å². The zero-order valence-corrected chi connectivity index (χ0v) is 15.9. The predicted octanol–water partition coefficient (Wildman–Crippen LogP) is 2.68. The molecule has 4 rings (SSSR count). The Morgan fingerprint density at radius 3 is 2.40 bits per heavy atom. The fourth-order valence-electron chi connectivity index (χ4n) is 7.93. The van der Waals surface area contributed by atoms with E-state index in [0.29, 0.717) is 42.8 Å². The lowest BCUT2D eigenvalue weighted by molar-refractivity contribution is -0.264. The van der Waals surface area contributed by atoms with E-state index in [4.69, 9.17) is 0 Å². The van der Waals surface area contributed by atoms with Gasteiger partial charge in [0, 0.05) is 17.8 Å². The first-order valence-electron chi connectivity index (χ1n) is 10.2. The van der Waals surface area contributed by atoms with Crippen molar-refractivity contribution in [3.63, 3.8) is 0 Å². The van der Waals surface area contributed by atoms with Gasteiger partial charge in [-0.3, -0.25) is 4.79 Å². The van der Waals surface area contributed by atoms with Crippen LogP contribution in [0.3, 0.4) is 0 Å². The second kappa shape index (κ2) is 5.53. The molecule has 25 heavy (non-hydrogen) atoms. The molecule has 0 aromatic heterocycles. The lowest BCUT2D eigenvalue weighted by Gasteiger charge is -2.65. The predicted molar refractivity (Wildman–Crippen MR) is 94.8 cm³/mol.